The molecule has 1 aromatic rings. The standard InChI is InChI=1S/C16H20N2O4/c1-20-14-5-3-2-4-13(14)17-6-8-18(9-7-17)16(19)15-12-21-10-11-22-15/h2-5,12H,6-11H2,1H3. The van der Waals surface area contributed by atoms with Crippen molar-refractivity contribution in [2.45, 2.75) is 0 Å². The lowest BCUT2D eigenvalue weighted by molar-refractivity contribution is -0.132. The Balaban J connectivity index is 1.62. The largest absolute Gasteiger partial charge is 0.495 e. The predicted octanol–water partition coefficient (Wildman–Crippen LogP) is 1.23. The van der Waals surface area contributed by atoms with Crippen molar-refractivity contribution < 1.29 is 19.0 Å². The molecule has 22 heavy (non-hydrogen) atoms. The number of hydrogen-bond donors (Lipinski definition) is 0. The average Bonchev–Trinajstić information content (AvgIpc) is 2.62. The minimum Gasteiger partial charge on any atom is -0.495 e. The first-order valence-corrected chi connectivity index (χ1v) is 7.41. The third-order valence-corrected chi connectivity index (χ3v) is 3.85. The fourth-order valence-electron chi connectivity index (χ4n) is 2.68. The molecule has 0 bridgehead atoms. The van der Waals surface area contributed by atoms with Crippen LogP contribution in [0.3, 0.4) is 0 Å². The smallest absolute Gasteiger partial charge is 0.292 e. The Labute approximate surface area is 129 Å². The minimum atomic E-state index is -0.0978. The number of benzene rings is 1. The van der Waals surface area contributed by atoms with E-state index in [-0.39, 0.29) is 5.91 Å². The van der Waals surface area contributed by atoms with Gasteiger partial charge in [0.25, 0.3) is 5.91 Å². The molecule has 1 aromatic carbocycles. The van der Waals surface area contributed by atoms with Gasteiger partial charge in [-0.1, -0.05) is 12.1 Å². The van der Waals surface area contributed by atoms with Gasteiger partial charge < -0.3 is 24.0 Å². The lowest BCUT2D eigenvalue weighted by Gasteiger charge is -2.36. The topological polar surface area (TPSA) is 51.2 Å². The molecule has 0 aromatic heterocycles. The SMILES string of the molecule is COc1ccccc1N1CCN(C(=O)C2=COCCO2)CC1. The summed E-state index contributed by atoms with van der Waals surface area (Å²) in [6.45, 7) is 3.76. The third-order valence-electron chi connectivity index (χ3n) is 3.85. The van der Waals surface area contributed by atoms with E-state index in [1.54, 1.807) is 12.0 Å². The highest BCUT2D eigenvalue weighted by molar-refractivity contribution is 5.91. The van der Waals surface area contributed by atoms with Gasteiger partial charge in [-0.15, -0.1) is 0 Å². The van der Waals surface area contributed by atoms with Crippen molar-refractivity contribution in [1.82, 2.24) is 4.90 Å². The maximum Gasteiger partial charge on any atom is 0.292 e. The van der Waals surface area contributed by atoms with E-state index in [1.165, 1.54) is 6.26 Å². The highest BCUT2D eigenvalue weighted by Gasteiger charge is 2.26. The first kappa shape index (κ1) is 14.6. The van der Waals surface area contributed by atoms with Crippen molar-refractivity contribution in [1.29, 1.82) is 0 Å². The van der Waals surface area contributed by atoms with Crippen LogP contribution in [0.15, 0.2) is 36.3 Å². The maximum absolute atomic E-state index is 12.3. The van der Waals surface area contributed by atoms with Crippen molar-refractivity contribution in [2.24, 2.45) is 0 Å². The van der Waals surface area contributed by atoms with E-state index in [4.69, 9.17) is 14.2 Å². The molecule has 0 unspecified atom stereocenters. The molecule has 2 heterocycles. The van der Waals surface area contributed by atoms with Gasteiger partial charge in [-0.25, -0.2) is 0 Å². The van der Waals surface area contributed by atoms with Crippen molar-refractivity contribution in [3.63, 3.8) is 0 Å². The molecule has 0 aliphatic carbocycles. The van der Waals surface area contributed by atoms with Gasteiger partial charge in [0.1, 0.15) is 25.2 Å². The Morgan fingerprint density at radius 3 is 2.59 bits per heavy atom. The Bertz CT molecular complexity index is 565. The van der Waals surface area contributed by atoms with Gasteiger partial charge in [-0.05, 0) is 12.1 Å². The van der Waals surface area contributed by atoms with Crippen LogP contribution in [0.2, 0.25) is 0 Å². The van der Waals surface area contributed by atoms with E-state index in [9.17, 15) is 4.79 Å². The van der Waals surface area contributed by atoms with Crippen LogP contribution in [0.4, 0.5) is 5.69 Å². The normalized spacial score (nSPS) is 18.1. The van der Waals surface area contributed by atoms with E-state index < -0.39 is 0 Å². The average molecular weight is 304 g/mol. The number of para-hydroxylation sites is 2. The van der Waals surface area contributed by atoms with Gasteiger partial charge in [-0.3, -0.25) is 4.79 Å². The highest BCUT2D eigenvalue weighted by Crippen LogP contribution is 2.28. The molecule has 6 heteroatoms. The molecule has 118 valence electrons. The Hall–Kier alpha value is -2.37. The number of ether oxygens (including phenoxy) is 3. The monoisotopic (exact) mass is 304 g/mol. The molecule has 0 N–H and O–H groups in total. The molecule has 0 spiro atoms. The number of methoxy groups -OCH3 is 1. The molecule has 6 nitrogen and oxygen atoms in total. The zero-order chi connectivity index (χ0) is 15.4. The summed E-state index contributed by atoms with van der Waals surface area (Å²) in [6, 6.07) is 7.93. The lowest BCUT2D eigenvalue weighted by atomic mass is 10.2. The number of anilines is 1. The fourth-order valence-corrected chi connectivity index (χ4v) is 2.68. The second-order valence-electron chi connectivity index (χ2n) is 5.15. The van der Waals surface area contributed by atoms with Crippen LogP contribution >= 0.6 is 0 Å². The number of carbonyl (C=O) groups is 1. The molecular weight excluding hydrogens is 284 g/mol. The summed E-state index contributed by atoms with van der Waals surface area (Å²) in [4.78, 5) is 16.4. The number of nitrogens with zero attached hydrogens (tertiary/aromatic N) is 2. The van der Waals surface area contributed by atoms with Gasteiger partial charge in [0.15, 0.2) is 0 Å². The van der Waals surface area contributed by atoms with Crippen LogP contribution in [-0.4, -0.2) is 57.3 Å². The van der Waals surface area contributed by atoms with E-state index in [2.05, 4.69) is 4.90 Å². The summed E-state index contributed by atoms with van der Waals surface area (Å²) in [6.07, 6.45) is 1.42. The summed E-state index contributed by atoms with van der Waals surface area (Å²) in [5, 5.41) is 0. The first-order valence-electron chi connectivity index (χ1n) is 7.41. The van der Waals surface area contributed by atoms with Crippen molar-refractivity contribution >= 4 is 11.6 Å². The molecule has 3 rings (SSSR count). The van der Waals surface area contributed by atoms with Crippen LogP contribution in [0.1, 0.15) is 0 Å². The van der Waals surface area contributed by atoms with Crippen molar-refractivity contribution in [3.05, 3.63) is 36.3 Å². The van der Waals surface area contributed by atoms with Gasteiger partial charge >= 0.3 is 0 Å². The summed E-state index contributed by atoms with van der Waals surface area (Å²) in [5.74, 6) is 1.06. The third kappa shape index (κ3) is 2.95. The predicted molar refractivity (Wildman–Crippen MR) is 81.8 cm³/mol. The molecule has 1 fully saturated rings. The molecular formula is C16H20N2O4. The van der Waals surface area contributed by atoms with Crippen molar-refractivity contribution in [2.75, 3.05) is 51.4 Å². The number of piperazine rings is 1. The van der Waals surface area contributed by atoms with E-state index in [0.717, 1.165) is 24.5 Å². The van der Waals surface area contributed by atoms with Crippen LogP contribution in [0.5, 0.6) is 5.75 Å². The van der Waals surface area contributed by atoms with Gasteiger partial charge in [0, 0.05) is 26.2 Å². The molecule has 2 aliphatic rings. The maximum atomic E-state index is 12.3. The van der Waals surface area contributed by atoms with Gasteiger partial charge in [-0.2, -0.15) is 0 Å². The Kier molecular flexibility index (Phi) is 4.37. The summed E-state index contributed by atoms with van der Waals surface area (Å²) in [5.41, 5.74) is 1.06. The zero-order valence-corrected chi connectivity index (χ0v) is 12.7. The number of amides is 1. The van der Waals surface area contributed by atoms with Crippen LogP contribution in [0.25, 0.3) is 0 Å². The quantitative estimate of drug-likeness (QED) is 0.841. The Morgan fingerprint density at radius 1 is 1.14 bits per heavy atom. The fraction of sp³-hybridized carbons (Fsp3) is 0.438. The van der Waals surface area contributed by atoms with Gasteiger partial charge in [0.2, 0.25) is 5.76 Å². The molecule has 0 atom stereocenters. The molecule has 0 radical (unpaired) electrons. The van der Waals surface area contributed by atoms with Crippen LogP contribution in [-0.2, 0) is 14.3 Å². The minimum absolute atomic E-state index is 0.0978. The molecule has 1 saturated heterocycles. The second-order valence-corrected chi connectivity index (χ2v) is 5.15. The molecule has 0 saturated carbocycles. The van der Waals surface area contributed by atoms with Crippen LogP contribution < -0.4 is 9.64 Å². The number of hydrogen-bond acceptors (Lipinski definition) is 5. The second kappa shape index (κ2) is 6.60. The number of carbonyl (C=O) groups excluding carboxylic acids is 1. The summed E-state index contributed by atoms with van der Waals surface area (Å²) >= 11 is 0. The van der Waals surface area contributed by atoms with Crippen LogP contribution in [0, 0.1) is 0 Å². The summed E-state index contributed by atoms with van der Waals surface area (Å²) < 4.78 is 15.9. The number of rotatable bonds is 3. The molecule has 1 amide bonds. The Morgan fingerprint density at radius 2 is 1.91 bits per heavy atom. The van der Waals surface area contributed by atoms with E-state index in [1.807, 2.05) is 24.3 Å². The summed E-state index contributed by atoms with van der Waals surface area (Å²) in [7, 11) is 1.67. The van der Waals surface area contributed by atoms with Crippen molar-refractivity contribution in [3.8, 4) is 5.75 Å². The molecule has 2 aliphatic heterocycles. The highest BCUT2D eigenvalue weighted by atomic mass is 16.6. The van der Waals surface area contributed by atoms with E-state index in [0.29, 0.717) is 32.1 Å². The van der Waals surface area contributed by atoms with E-state index >= 15 is 0 Å². The first-order chi connectivity index (χ1) is 10.8. The van der Waals surface area contributed by atoms with Gasteiger partial charge in [0.05, 0.1) is 12.8 Å². The lowest BCUT2D eigenvalue weighted by Crippen LogP contribution is -2.49. The zero-order valence-electron chi connectivity index (χ0n) is 12.7.